The minimum absolute atomic E-state index is 0.0676. The summed E-state index contributed by atoms with van der Waals surface area (Å²) in [7, 11) is 0. The summed E-state index contributed by atoms with van der Waals surface area (Å²) < 4.78 is 0. The highest BCUT2D eigenvalue weighted by Gasteiger charge is 2.35. The number of pyridine rings is 1. The SMILES string of the molecule is NCC1CCC([C@@H](NC(=O)C2CC2)c2ccccn2)CC1. The lowest BCUT2D eigenvalue weighted by Gasteiger charge is -2.33. The molecule has 0 unspecified atom stereocenters. The minimum atomic E-state index is 0.0676. The lowest BCUT2D eigenvalue weighted by atomic mass is 9.77. The van der Waals surface area contributed by atoms with Crippen molar-refractivity contribution in [3.8, 4) is 0 Å². The van der Waals surface area contributed by atoms with Crippen LogP contribution in [-0.2, 0) is 4.79 Å². The van der Waals surface area contributed by atoms with E-state index in [1.165, 1.54) is 12.8 Å². The van der Waals surface area contributed by atoms with Crippen molar-refractivity contribution in [1.29, 1.82) is 0 Å². The first-order valence-corrected chi connectivity index (χ1v) is 8.19. The molecule has 4 heteroatoms. The second-order valence-corrected chi connectivity index (χ2v) is 6.53. The second kappa shape index (κ2) is 6.56. The molecule has 2 aliphatic rings. The third kappa shape index (κ3) is 3.62. The van der Waals surface area contributed by atoms with Crippen molar-refractivity contribution >= 4 is 5.91 Å². The number of nitrogens with zero attached hydrogens (tertiary/aromatic N) is 1. The number of hydrogen-bond acceptors (Lipinski definition) is 3. The number of nitrogens with one attached hydrogen (secondary N) is 1. The van der Waals surface area contributed by atoms with E-state index >= 15 is 0 Å². The van der Waals surface area contributed by atoms with Gasteiger partial charge in [0.1, 0.15) is 0 Å². The van der Waals surface area contributed by atoms with Crippen LogP contribution in [0, 0.1) is 17.8 Å². The van der Waals surface area contributed by atoms with E-state index < -0.39 is 0 Å². The summed E-state index contributed by atoms with van der Waals surface area (Å²) >= 11 is 0. The molecule has 1 aromatic heterocycles. The molecule has 114 valence electrons. The van der Waals surface area contributed by atoms with Crippen molar-refractivity contribution in [2.45, 2.75) is 44.6 Å². The second-order valence-electron chi connectivity index (χ2n) is 6.53. The average Bonchev–Trinajstić information content (AvgIpc) is 3.38. The molecule has 0 spiro atoms. The van der Waals surface area contributed by atoms with Crippen molar-refractivity contribution in [1.82, 2.24) is 10.3 Å². The van der Waals surface area contributed by atoms with Crippen LogP contribution in [0.4, 0.5) is 0 Å². The fourth-order valence-electron chi connectivity index (χ4n) is 3.37. The van der Waals surface area contributed by atoms with Crippen molar-refractivity contribution < 1.29 is 4.79 Å². The molecule has 2 aliphatic carbocycles. The molecule has 3 N–H and O–H groups in total. The zero-order valence-electron chi connectivity index (χ0n) is 12.5. The molecule has 1 aromatic rings. The van der Waals surface area contributed by atoms with E-state index in [2.05, 4.69) is 10.3 Å². The molecule has 1 heterocycles. The van der Waals surface area contributed by atoms with E-state index in [9.17, 15) is 4.79 Å². The van der Waals surface area contributed by atoms with Gasteiger partial charge in [-0.1, -0.05) is 6.07 Å². The van der Waals surface area contributed by atoms with Gasteiger partial charge in [-0.3, -0.25) is 9.78 Å². The zero-order valence-corrected chi connectivity index (χ0v) is 12.5. The molecule has 3 rings (SSSR count). The first-order chi connectivity index (χ1) is 10.3. The minimum Gasteiger partial charge on any atom is -0.347 e. The topological polar surface area (TPSA) is 68.0 Å². The van der Waals surface area contributed by atoms with E-state index in [1.54, 1.807) is 0 Å². The van der Waals surface area contributed by atoms with Gasteiger partial charge < -0.3 is 11.1 Å². The van der Waals surface area contributed by atoms with Crippen molar-refractivity contribution in [3.63, 3.8) is 0 Å². The Morgan fingerprint density at radius 1 is 1.24 bits per heavy atom. The third-order valence-corrected chi connectivity index (χ3v) is 4.95. The standard InChI is InChI=1S/C17H25N3O/c18-11-12-4-6-13(7-5-12)16(15-3-1-2-10-19-15)20-17(21)14-8-9-14/h1-3,10,12-14,16H,4-9,11,18H2,(H,20,21)/t12?,13?,16-/m1/s1. The van der Waals surface area contributed by atoms with Crippen LogP contribution < -0.4 is 11.1 Å². The van der Waals surface area contributed by atoms with Gasteiger partial charge in [0.2, 0.25) is 5.91 Å². The highest BCUT2D eigenvalue weighted by Crippen LogP contribution is 2.37. The predicted octanol–water partition coefficient (Wildman–Crippen LogP) is 2.41. The van der Waals surface area contributed by atoms with Gasteiger partial charge in [-0.25, -0.2) is 0 Å². The highest BCUT2D eigenvalue weighted by atomic mass is 16.2. The van der Waals surface area contributed by atoms with Crippen LogP contribution in [0.15, 0.2) is 24.4 Å². The molecule has 1 amide bonds. The van der Waals surface area contributed by atoms with Gasteiger partial charge in [0, 0.05) is 12.1 Å². The van der Waals surface area contributed by atoms with E-state index in [0.29, 0.717) is 11.8 Å². The number of rotatable bonds is 5. The Labute approximate surface area is 126 Å². The summed E-state index contributed by atoms with van der Waals surface area (Å²) in [6.07, 6.45) is 8.51. The zero-order chi connectivity index (χ0) is 14.7. The summed E-state index contributed by atoms with van der Waals surface area (Å²) in [6, 6.07) is 6.03. The monoisotopic (exact) mass is 287 g/mol. The van der Waals surface area contributed by atoms with Gasteiger partial charge in [0.25, 0.3) is 0 Å². The highest BCUT2D eigenvalue weighted by molar-refractivity contribution is 5.81. The van der Waals surface area contributed by atoms with E-state index in [4.69, 9.17) is 5.73 Å². The third-order valence-electron chi connectivity index (χ3n) is 4.95. The lowest BCUT2D eigenvalue weighted by Crippen LogP contribution is -2.37. The summed E-state index contributed by atoms with van der Waals surface area (Å²) in [5.74, 6) is 1.61. The summed E-state index contributed by atoms with van der Waals surface area (Å²) in [6.45, 7) is 0.787. The van der Waals surface area contributed by atoms with Crippen LogP contribution in [0.5, 0.6) is 0 Å². The molecule has 2 saturated carbocycles. The number of nitrogens with two attached hydrogens (primary N) is 1. The fourth-order valence-corrected chi connectivity index (χ4v) is 3.37. The molecular weight excluding hydrogens is 262 g/mol. The number of carbonyl (C=O) groups excluding carboxylic acids is 1. The van der Waals surface area contributed by atoms with Crippen molar-refractivity contribution in [2.24, 2.45) is 23.5 Å². The van der Waals surface area contributed by atoms with Gasteiger partial charge >= 0.3 is 0 Å². The molecule has 4 nitrogen and oxygen atoms in total. The number of hydrogen-bond donors (Lipinski definition) is 2. The maximum atomic E-state index is 12.2. The maximum Gasteiger partial charge on any atom is 0.223 e. The van der Waals surface area contributed by atoms with Crippen LogP contribution in [0.25, 0.3) is 0 Å². The Kier molecular flexibility index (Phi) is 4.54. The molecular formula is C17H25N3O. The largest absolute Gasteiger partial charge is 0.347 e. The summed E-state index contributed by atoms with van der Waals surface area (Å²) in [4.78, 5) is 16.7. The number of amides is 1. The molecule has 2 fully saturated rings. The average molecular weight is 287 g/mol. The summed E-state index contributed by atoms with van der Waals surface area (Å²) in [5, 5.41) is 3.27. The van der Waals surface area contributed by atoms with Gasteiger partial charge in [-0.2, -0.15) is 0 Å². The van der Waals surface area contributed by atoms with Gasteiger partial charge in [-0.05, 0) is 69.0 Å². The maximum absolute atomic E-state index is 12.2. The Bertz CT molecular complexity index is 464. The molecule has 0 radical (unpaired) electrons. The Morgan fingerprint density at radius 2 is 2.00 bits per heavy atom. The van der Waals surface area contributed by atoms with Crippen molar-refractivity contribution in [2.75, 3.05) is 6.54 Å². The Morgan fingerprint density at radius 3 is 2.57 bits per heavy atom. The molecule has 1 atom stereocenters. The van der Waals surface area contributed by atoms with Crippen LogP contribution >= 0.6 is 0 Å². The van der Waals surface area contributed by atoms with E-state index in [-0.39, 0.29) is 17.9 Å². The smallest absolute Gasteiger partial charge is 0.223 e. The van der Waals surface area contributed by atoms with Gasteiger partial charge in [-0.15, -0.1) is 0 Å². The summed E-state index contributed by atoms with van der Waals surface area (Å²) in [5.41, 5.74) is 6.79. The molecule has 0 bridgehead atoms. The first-order valence-electron chi connectivity index (χ1n) is 8.19. The van der Waals surface area contributed by atoms with E-state index in [0.717, 1.165) is 37.9 Å². The lowest BCUT2D eigenvalue weighted by molar-refractivity contribution is -0.123. The number of aromatic nitrogens is 1. The van der Waals surface area contributed by atoms with Gasteiger partial charge in [0.05, 0.1) is 11.7 Å². The molecule has 0 aliphatic heterocycles. The molecule has 21 heavy (non-hydrogen) atoms. The fraction of sp³-hybridized carbons (Fsp3) is 0.647. The van der Waals surface area contributed by atoms with Crippen LogP contribution in [-0.4, -0.2) is 17.4 Å². The predicted molar refractivity (Wildman–Crippen MR) is 82.3 cm³/mol. The van der Waals surface area contributed by atoms with Crippen LogP contribution in [0.3, 0.4) is 0 Å². The molecule has 0 aromatic carbocycles. The van der Waals surface area contributed by atoms with Gasteiger partial charge in [0.15, 0.2) is 0 Å². The van der Waals surface area contributed by atoms with Crippen LogP contribution in [0.2, 0.25) is 0 Å². The van der Waals surface area contributed by atoms with Crippen LogP contribution in [0.1, 0.15) is 50.3 Å². The Balaban J connectivity index is 1.71. The quantitative estimate of drug-likeness (QED) is 0.874. The van der Waals surface area contributed by atoms with Crippen molar-refractivity contribution in [3.05, 3.63) is 30.1 Å². The van der Waals surface area contributed by atoms with E-state index in [1.807, 2.05) is 24.4 Å². The normalized spacial score (nSPS) is 27.1. The molecule has 0 saturated heterocycles. The Hall–Kier alpha value is -1.42. The first kappa shape index (κ1) is 14.5. The number of carbonyl (C=O) groups is 1.